The van der Waals surface area contributed by atoms with Gasteiger partial charge in [-0.15, -0.1) is 0 Å². The summed E-state index contributed by atoms with van der Waals surface area (Å²) in [6.45, 7) is 5.39. The molecule has 0 aliphatic carbocycles. The van der Waals surface area contributed by atoms with Crippen LogP contribution in [0.2, 0.25) is 0 Å². The number of benzene rings is 1. The molecule has 0 radical (unpaired) electrons. The highest BCUT2D eigenvalue weighted by Crippen LogP contribution is 2.19. The molecule has 1 fully saturated rings. The first-order valence-electron chi connectivity index (χ1n) is 6.33. The molecule has 1 aromatic rings. The van der Waals surface area contributed by atoms with E-state index in [1.165, 1.54) is 0 Å². The molecule has 4 heteroatoms. The maximum absolute atomic E-state index is 12.0. The summed E-state index contributed by atoms with van der Waals surface area (Å²) in [6.07, 6.45) is 0.810. The highest BCUT2D eigenvalue weighted by molar-refractivity contribution is 9.10. The smallest absolute Gasteiger partial charge is 0.176 e. The van der Waals surface area contributed by atoms with E-state index in [0.717, 1.165) is 44.0 Å². The van der Waals surface area contributed by atoms with Gasteiger partial charge in [-0.25, -0.2) is 0 Å². The average molecular weight is 312 g/mol. The van der Waals surface area contributed by atoms with Crippen molar-refractivity contribution in [2.75, 3.05) is 31.2 Å². The summed E-state index contributed by atoms with van der Waals surface area (Å²) in [5.41, 5.74) is 1.94. The first kappa shape index (κ1) is 13.6. The van der Waals surface area contributed by atoms with Crippen LogP contribution in [0.25, 0.3) is 0 Å². The van der Waals surface area contributed by atoms with Gasteiger partial charge >= 0.3 is 0 Å². The third-order valence-electron chi connectivity index (χ3n) is 3.17. The Kier molecular flexibility index (Phi) is 4.78. The molecule has 0 amide bonds. The normalized spacial score (nSPS) is 17.6. The van der Waals surface area contributed by atoms with Crippen LogP contribution >= 0.6 is 15.9 Å². The minimum absolute atomic E-state index is 0.0771. The van der Waals surface area contributed by atoms with Crippen molar-refractivity contribution >= 4 is 27.4 Å². The fourth-order valence-electron chi connectivity index (χ4n) is 2.02. The number of carbonyl (C=O) groups excluding carboxylic acids is 1. The number of hydrogen-bond donors (Lipinski definition) is 0. The van der Waals surface area contributed by atoms with Crippen molar-refractivity contribution in [2.45, 2.75) is 18.2 Å². The average Bonchev–Trinajstić information content (AvgIpc) is 2.47. The van der Waals surface area contributed by atoms with Crippen molar-refractivity contribution in [3.8, 4) is 0 Å². The molecule has 98 valence electrons. The van der Waals surface area contributed by atoms with E-state index < -0.39 is 0 Å². The Labute approximate surface area is 116 Å². The van der Waals surface area contributed by atoms with Gasteiger partial charge in [0, 0.05) is 24.3 Å². The summed E-state index contributed by atoms with van der Waals surface area (Å²) in [4.78, 5) is 14.2. The van der Waals surface area contributed by atoms with E-state index in [4.69, 9.17) is 4.74 Å². The van der Waals surface area contributed by atoms with Gasteiger partial charge in [-0.1, -0.05) is 22.9 Å². The zero-order chi connectivity index (χ0) is 13.0. The van der Waals surface area contributed by atoms with E-state index >= 15 is 0 Å². The number of hydrogen-bond acceptors (Lipinski definition) is 3. The number of alkyl halides is 1. The summed E-state index contributed by atoms with van der Waals surface area (Å²) in [6, 6.07) is 7.87. The Morgan fingerprint density at radius 3 is 2.50 bits per heavy atom. The fourth-order valence-corrected chi connectivity index (χ4v) is 2.29. The minimum atomic E-state index is -0.0771. The molecule has 0 bridgehead atoms. The van der Waals surface area contributed by atoms with Crippen molar-refractivity contribution in [2.24, 2.45) is 0 Å². The van der Waals surface area contributed by atoms with Gasteiger partial charge in [-0.05, 0) is 30.7 Å². The number of morpholine rings is 1. The van der Waals surface area contributed by atoms with Gasteiger partial charge in [0.2, 0.25) is 0 Å². The summed E-state index contributed by atoms with van der Waals surface area (Å²) in [5, 5.41) is 0. The molecule has 1 heterocycles. The van der Waals surface area contributed by atoms with Gasteiger partial charge < -0.3 is 9.64 Å². The fraction of sp³-hybridized carbons (Fsp3) is 0.500. The maximum atomic E-state index is 12.0. The zero-order valence-electron chi connectivity index (χ0n) is 10.6. The minimum Gasteiger partial charge on any atom is -0.378 e. The second kappa shape index (κ2) is 6.34. The van der Waals surface area contributed by atoms with Gasteiger partial charge in [0.25, 0.3) is 0 Å². The van der Waals surface area contributed by atoms with Crippen molar-refractivity contribution in [1.82, 2.24) is 0 Å². The lowest BCUT2D eigenvalue weighted by atomic mass is 10.1. The van der Waals surface area contributed by atoms with E-state index in [2.05, 4.69) is 20.8 Å². The molecule has 1 aliphatic heterocycles. The highest BCUT2D eigenvalue weighted by atomic mass is 79.9. The summed E-state index contributed by atoms with van der Waals surface area (Å²) >= 11 is 3.40. The standard InChI is InChI=1S/C14H18BrNO2/c1-2-13(15)14(17)11-3-5-12(6-4-11)16-7-9-18-10-8-16/h3-6,13H,2,7-10H2,1H3. The first-order valence-corrected chi connectivity index (χ1v) is 7.25. The summed E-state index contributed by atoms with van der Waals surface area (Å²) in [7, 11) is 0. The number of carbonyl (C=O) groups is 1. The molecular formula is C14H18BrNO2. The van der Waals surface area contributed by atoms with Crippen LogP contribution in [0.4, 0.5) is 5.69 Å². The molecule has 1 atom stereocenters. The van der Waals surface area contributed by atoms with Gasteiger partial charge in [0.1, 0.15) is 0 Å². The Morgan fingerprint density at radius 2 is 1.94 bits per heavy atom. The lowest BCUT2D eigenvalue weighted by Gasteiger charge is -2.28. The SMILES string of the molecule is CCC(Br)C(=O)c1ccc(N2CCOCC2)cc1. The quantitative estimate of drug-likeness (QED) is 0.632. The highest BCUT2D eigenvalue weighted by Gasteiger charge is 2.16. The molecule has 0 aromatic heterocycles. The van der Waals surface area contributed by atoms with Crippen molar-refractivity contribution < 1.29 is 9.53 Å². The van der Waals surface area contributed by atoms with Crippen LogP contribution in [0.1, 0.15) is 23.7 Å². The van der Waals surface area contributed by atoms with E-state index in [-0.39, 0.29) is 10.6 Å². The molecule has 0 N–H and O–H groups in total. The molecule has 3 nitrogen and oxygen atoms in total. The van der Waals surface area contributed by atoms with Crippen LogP contribution in [-0.2, 0) is 4.74 Å². The Hall–Kier alpha value is -0.870. The zero-order valence-corrected chi connectivity index (χ0v) is 12.1. The second-order valence-corrected chi connectivity index (χ2v) is 5.49. The van der Waals surface area contributed by atoms with E-state index in [1.54, 1.807) is 0 Å². The molecule has 18 heavy (non-hydrogen) atoms. The van der Waals surface area contributed by atoms with Gasteiger partial charge in [0.15, 0.2) is 5.78 Å². The van der Waals surface area contributed by atoms with Gasteiger partial charge in [-0.3, -0.25) is 4.79 Å². The summed E-state index contributed by atoms with van der Waals surface area (Å²) in [5.74, 6) is 0.158. The lowest BCUT2D eigenvalue weighted by molar-refractivity contribution is 0.0990. The van der Waals surface area contributed by atoms with Crippen LogP contribution < -0.4 is 4.90 Å². The number of anilines is 1. The molecule has 1 unspecified atom stereocenters. The molecule has 0 spiro atoms. The molecule has 0 saturated carbocycles. The van der Waals surface area contributed by atoms with Crippen LogP contribution in [0.5, 0.6) is 0 Å². The number of halogens is 1. The number of ether oxygens (including phenoxy) is 1. The monoisotopic (exact) mass is 311 g/mol. The van der Waals surface area contributed by atoms with Gasteiger partial charge in [-0.2, -0.15) is 0 Å². The molecule has 1 saturated heterocycles. The van der Waals surface area contributed by atoms with Crippen LogP contribution in [0.15, 0.2) is 24.3 Å². The Morgan fingerprint density at radius 1 is 1.33 bits per heavy atom. The van der Waals surface area contributed by atoms with E-state index in [0.29, 0.717) is 0 Å². The maximum Gasteiger partial charge on any atom is 0.176 e. The number of ketones is 1. The predicted molar refractivity (Wildman–Crippen MR) is 76.8 cm³/mol. The largest absolute Gasteiger partial charge is 0.378 e. The van der Waals surface area contributed by atoms with Gasteiger partial charge in [0.05, 0.1) is 18.0 Å². The Balaban J connectivity index is 2.07. The van der Waals surface area contributed by atoms with Crippen molar-refractivity contribution in [1.29, 1.82) is 0 Å². The second-order valence-electron chi connectivity index (χ2n) is 4.39. The topological polar surface area (TPSA) is 29.5 Å². The number of rotatable bonds is 4. The molecule has 1 aromatic carbocycles. The molecule has 2 rings (SSSR count). The van der Waals surface area contributed by atoms with Crippen molar-refractivity contribution in [3.05, 3.63) is 29.8 Å². The third kappa shape index (κ3) is 3.12. The molecule has 1 aliphatic rings. The third-order valence-corrected chi connectivity index (χ3v) is 4.23. The predicted octanol–water partition coefficient (Wildman–Crippen LogP) is 2.88. The van der Waals surface area contributed by atoms with Crippen LogP contribution in [0.3, 0.4) is 0 Å². The Bertz CT molecular complexity index is 399. The lowest BCUT2D eigenvalue weighted by Crippen LogP contribution is -2.36. The van der Waals surface area contributed by atoms with E-state index in [9.17, 15) is 4.79 Å². The van der Waals surface area contributed by atoms with Crippen LogP contribution in [-0.4, -0.2) is 36.9 Å². The first-order chi connectivity index (χ1) is 8.72. The number of Topliss-reactive ketones (excluding diaryl/α,β-unsaturated/α-hetero) is 1. The number of nitrogens with zero attached hydrogens (tertiary/aromatic N) is 1. The molecular weight excluding hydrogens is 294 g/mol. The van der Waals surface area contributed by atoms with E-state index in [1.807, 2.05) is 31.2 Å². The van der Waals surface area contributed by atoms with Crippen LogP contribution in [0, 0.1) is 0 Å². The summed E-state index contributed by atoms with van der Waals surface area (Å²) < 4.78 is 5.33. The van der Waals surface area contributed by atoms with Crippen molar-refractivity contribution in [3.63, 3.8) is 0 Å².